The fourth-order valence-electron chi connectivity index (χ4n) is 1.87. The Bertz CT molecular complexity index is 350. The molecule has 1 aromatic carbocycles. The van der Waals surface area contributed by atoms with Gasteiger partial charge in [0, 0.05) is 0 Å². The van der Waals surface area contributed by atoms with Gasteiger partial charge in [0.25, 0.3) is 0 Å². The van der Waals surface area contributed by atoms with Crippen molar-refractivity contribution in [2.75, 3.05) is 6.61 Å². The molecule has 18 heavy (non-hydrogen) atoms. The topological polar surface area (TPSA) is 13.6 Å². The summed E-state index contributed by atoms with van der Waals surface area (Å²) in [4.78, 5) is 3.35. The average molecular weight is 245 g/mol. The first kappa shape index (κ1) is 14.6. The van der Waals surface area contributed by atoms with Crippen molar-refractivity contribution in [1.82, 2.24) is 0 Å². The predicted octanol–water partition coefficient (Wildman–Crippen LogP) is 5.37. The highest BCUT2D eigenvalue weighted by Gasteiger charge is 1.95. The lowest BCUT2D eigenvalue weighted by atomic mass is 10.1. The Labute approximate surface area is 111 Å². The minimum Gasteiger partial charge on any atom is -0.494 e. The Morgan fingerprint density at radius 3 is 2.17 bits per heavy atom. The fourth-order valence-corrected chi connectivity index (χ4v) is 1.87. The molecule has 98 valence electrons. The van der Waals surface area contributed by atoms with E-state index in [-0.39, 0.29) is 0 Å². The van der Waals surface area contributed by atoms with Gasteiger partial charge in [-0.3, -0.25) is 0 Å². The molecule has 0 amide bonds. The number of nitrogens with zero attached hydrogens (tertiary/aromatic N) is 1. The average Bonchev–Trinajstić information content (AvgIpc) is 2.42. The zero-order valence-corrected chi connectivity index (χ0v) is 11.3. The largest absolute Gasteiger partial charge is 0.494 e. The van der Waals surface area contributed by atoms with E-state index in [1.807, 2.05) is 12.1 Å². The molecule has 0 atom stereocenters. The van der Waals surface area contributed by atoms with Gasteiger partial charge in [0.2, 0.25) is 0 Å². The Balaban J connectivity index is 2.02. The summed E-state index contributed by atoms with van der Waals surface area (Å²) < 4.78 is 5.63. The van der Waals surface area contributed by atoms with E-state index < -0.39 is 0 Å². The second kappa shape index (κ2) is 9.53. The first-order valence-corrected chi connectivity index (χ1v) is 6.97. The number of ether oxygens (including phenoxy) is 1. The Morgan fingerprint density at radius 2 is 1.56 bits per heavy atom. The van der Waals surface area contributed by atoms with Crippen LogP contribution < -0.4 is 4.74 Å². The van der Waals surface area contributed by atoms with Crippen molar-refractivity contribution >= 4 is 5.69 Å². The van der Waals surface area contributed by atoms with E-state index in [2.05, 4.69) is 11.8 Å². The molecule has 0 unspecified atom stereocenters. The van der Waals surface area contributed by atoms with Gasteiger partial charge in [-0.05, 0) is 18.6 Å². The second-order valence-electron chi connectivity index (χ2n) is 4.58. The van der Waals surface area contributed by atoms with Crippen LogP contribution in [0.1, 0.15) is 51.9 Å². The third-order valence-corrected chi connectivity index (χ3v) is 2.98. The quantitative estimate of drug-likeness (QED) is 0.421. The van der Waals surface area contributed by atoms with E-state index in [1.165, 1.54) is 38.5 Å². The highest BCUT2D eigenvalue weighted by atomic mass is 16.5. The highest BCUT2D eigenvalue weighted by molar-refractivity contribution is 5.46. The third-order valence-electron chi connectivity index (χ3n) is 2.98. The number of hydrogen-bond donors (Lipinski definition) is 0. The Hall–Kier alpha value is -1.49. The Morgan fingerprint density at radius 1 is 0.944 bits per heavy atom. The summed E-state index contributed by atoms with van der Waals surface area (Å²) in [5, 5.41) is 0. The van der Waals surface area contributed by atoms with E-state index in [0.29, 0.717) is 5.69 Å². The molecule has 0 aliphatic carbocycles. The van der Waals surface area contributed by atoms with E-state index in [1.54, 1.807) is 12.1 Å². The maximum atomic E-state index is 6.86. The molecule has 0 aromatic heterocycles. The van der Waals surface area contributed by atoms with Gasteiger partial charge in [-0.2, -0.15) is 0 Å². The summed E-state index contributed by atoms with van der Waals surface area (Å²) in [5.74, 6) is 0.869. The molecule has 2 heteroatoms. The van der Waals surface area contributed by atoms with Gasteiger partial charge in [-0.25, -0.2) is 4.85 Å². The number of hydrogen-bond acceptors (Lipinski definition) is 1. The summed E-state index contributed by atoms with van der Waals surface area (Å²) in [6.45, 7) is 9.89. The fraction of sp³-hybridized carbons (Fsp3) is 0.562. The van der Waals surface area contributed by atoms with Gasteiger partial charge >= 0.3 is 0 Å². The van der Waals surface area contributed by atoms with Gasteiger partial charge in [-0.1, -0.05) is 57.6 Å². The van der Waals surface area contributed by atoms with Crippen LogP contribution in [0.3, 0.4) is 0 Å². The molecule has 0 spiro atoms. The number of benzene rings is 1. The van der Waals surface area contributed by atoms with Gasteiger partial charge in [0.05, 0.1) is 13.2 Å². The molecular weight excluding hydrogens is 222 g/mol. The maximum absolute atomic E-state index is 6.86. The van der Waals surface area contributed by atoms with Crippen LogP contribution in [0.4, 0.5) is 5.69 Å². The van der Waals surface area contributed by atoms with Crippen LogP contribution in [-0.2, 0) is 0 Å². The van der Waals surface area contributed by atoms with Crippen LogP contribution in [0.5, 0.6) is 5.75 Å². The lowest BCUT2D eigenvalue weighted by Gasteiger charge is -2.06. The van der Waals surface area contributed by atoms with E-state index in [4.69, 9.17) is 11.3 Å². The van der Waals surface area contributed by atoms with Gasteiger partial charge < -0.3 is 4.74 Å². The van der Waals surface area contributed by atoms with Crippen molar-refractivity contribution < 1.29 is 4.74 Å². The predicted molar refractivity (Wildman–Crippen MR) is 76.2 cm³/mol. The molecule has 0 heterocycles. The SMILES string of the molecule is [C-]#[N+]c1ccc(OCCCCCCCCC)cc1. The Kier molecular flexibility index (Phi) is 7.72. The third kappa shape index (κ3) is 6.30. The zero-order chi connectivity index (χ0) is 13.1. The van der Waals surface area contributed by atoms with Gasteiger partial charge in [-0.15, -0.1) is 0 Å². The van der Waals surface area contributed by atoms with Gasteiger partial charge in [0.1, 0.15) is 5.75 Å². The van der Waals surface area contributed by atoms with Crippen LogP contribution >= 0.6 is 0 Å². The minimum absolute atomic E-state index is 0.665. The maximum Gasteiger partial charge on any atom is 0.187 e. The second-order valence-corrected chi connectivity index (χ2v) is 4.58. The van der Waals surface area contributed by atoms with Crippen molar-refractivity contribution in [3.05, 3.63) is 35.7 Å². The molecular formula is C16H23NO. The van der Waals surface area contributed by atoms with Crippen LogP contribution in [-0.4, -0.2) is 6.61 Å². The lowest BCUT2D eigenvalue weighted by Crippen LogP contribution is -1.96. The van der Waals surface area contributed by atoms with E-state index in [9.17, 15) is 0 Å². The number of unbranched alkanes of at least 4 members (excludes halogenated alkanes) is 6. The molecule has 1 aromatic rings. The smallest absolute Gasteiger partial charge is 0.187 e. The first-order chi connectivity index (χ1) is 8.86. The van der Waals surface area contributed by atoms with Crippen LogP contribution in [0.25, 0.3) is 4.85 Å². The monoisotopic (exact) mass is 245 g/mol. The normalized spacial score (nSPS) is 10.0. The molecule has 0 saturated carbocycles. The van der Waals surface area contributed by atoms with Crippen molar-refractivity contribution in [3.8, 4) is 5.75 Å². The summed E-state index contributed by atoms with van der Waals surface area (Å²) >= 11 is 0. The first-order valence-electron chi connectivity index (χ1n) is 6.97. The molecule has 0 saturated heterocycles. The molecule has 0 N–H and O–H groups in total. The van der Waals surface area contributed by atoms with Crippen molar-refractivity contribution in [3.63, 3.8) is 0 Å². The number of rotatable bonds is 9. The highest BCUT2D eigenvalue weighted by Crippen LogP contribution is 2.18. The molecule has 0 aliphatic heterocycles. The summed E-state index contributed by atoms with van der Waals surface area (Å²) in [6, 6.07) is 7.34. The summed E-state index contributed by atoms with van der Waals surface area (Å²) in [7, 11) is 0. The molecule has 0 fully saturated rings. The minimum atomic E-state index is 0.665. The van der Waals surface area contributed by atoms with Crippen molar-refractivity contribution in [2.45, 2.75) is 51.9 Å². The molecule has 1 rings (SSSR count). The summed E-state index contributed by atoms with van der Waals surface area (Å²) in [5.41, 5.74) is 0.665. The lowest BCUT2D eigenvalue weighted by molar-refractivity contribution is 0.304. The van der Waals surface area contributed by atoms with Crippen LogP contribution in [0, 0.1) is 6.57 Å². The standard InChI is InChI=1S/C16H23NO/c1-3-4-5-6-7-8-9-14-18-16-12-10-15(17-2)11-13-16/h10-13H,3-9,14H2,1H3. The van der Waals surface area contributed by atoms with Crippen LogP contribution in [0.15, 0.2) is 24.3 Å². The van der Waals surface area contributed by atoms with Crippen molar-refractivity contribution in [2.24, 2.45) is 0 Å². The molecule has 0 bridgehead atoms. The summed E-state index contributed by atoms with van der Waals surface area (Å²) in [6.07, 6.45) is 9.09. The van der Waals surface area contributed by atoms with Crippen LogP contribution in [0.2, 0.25) is 0 Å². The molecule has 2 nitrogen and oxygen atoms in total. The van der Waals surface area contributed by atoms with E-state index in [0.717, 1.165) is 18.8 Å². The molecule has 0 radical (unpaired) electrons. The van der Waals surface area contributed by atoms with Gasteiger partial charge in [0.15, 0.2) is 5.69 Å². The zero-order valence-electron chi connectivity index (χ0n) is 11.3. The van der Waals surface area contributed by atoms with Crippen molar-refractivity contribution in [1.29, 1.82) is 0 Å². The van der Waals surface area contributed by atoms with E-state index >= 15 is 0 Å². The molecule has 0 aliphatic rings.